The quantitative estimate of drug-likeness (QED) is 0.482. The van der Waals surface area contributed by atoms with Gasteiger partial charge in [-0.1, -0.05) is 6.42 Å². The highest BCUT2D eigenvalue weighted by Gasteiger charge is 2.64. The van der Waals surface area contributed by atoms with E-state index in [1.54, 1.807) is 0 Å². The van der Waals surface area contributed by atoms with Gasteiger partial charge in [0.1, 0.15) is 5.54 Å². The maximum atomic E-state index is 11.2. The second kappa shape index (κ2) is 4.02. The van der Waals surface area contributed by atoms with Crippen LogP contribution in [0.1, 0.15) is 25.7 Å². The van der Waals surface area contributed by atoms with Crippen LogP contribution in [-0.2, 0) is 4.79 Å². The van der Waals surface area contributed by atoms with Crippen LogP contribution in [0.25, 0.3) is 0 Å². The molecule has 0 amide bonds. The molecule has 0 aromatic carbocycles. The molecule has 0 saturated heterocycles. The van der Waals surface area contributed by atoms with E-state index in [1.807, 2.05) is 0 Å². The van der Waals surface area contributed by atoms with Gasteiger partial charge in [-0.05, 0) is 43.3 Å². The third-order valence-corrected chi connectivity index (χ3v) is 4.18. The zero-order valence-electron chi connectivity index (χ0n) is 9.17. The first-order valence-corrected chi connectivity index (χ1v) is 5.84. The number of nitrogens with two attached hydrogens (primary N) is 1. The van der Waals surface area contributed by atoms with Crippen molar-refractivity contribution in [1.82, 2.24) is 0 Å². The summed E-state index contributed by atoms with van der Waals surface area (Å²) in [5, 5.41) is 26.7. The summed E-state index contributed by atoms with van der Waals surface area (Å²) < 4.78 is 0. The van der Waals surface area contributed by atoms with Crippen molar-refractivity contribution in [2.75, 3.05) is 0 Å². The minimum Gasteiger partial charge on any atom is -0.480 e. The summed E-state index contributed by atoms with van der Waals surface area (Å²) in [6.45, 7) is 0. The van der Waals surface area contributed by atoms with Crippen molar-refractivity contribution in [3.63, 3.8) is 0 Å². The molecule has 2 fully saturated rings. The molecule has 0 aromatic heterocycles. The number of rotatable bonds is 5. The van der Waals surface area contributed by atoms with Crippen molar-refractivity contribution in [3.8, 4) is 0 Å². The molecular weight excluding hydrogens is 209 g/mol. The van der Waals surface area contributed by atoms with Crippen LogP contribution in [0.15, 0.2) is 0 Å². The summed E-state index contributed by atoms with van der Waals surface area (Å²) in [7, 11) is -1.30. The molecule has 2 aliphatic rings. The molecular formula is C10H18BNO4. The lowest BCUT2D eigenvalue weighted by atomic mass is 9.76. The van der Waals surface area contributed by atoms with Crippen LogP contribution in [0.4, 0.5) is 0 Å². The van der Waals surface area contributed by atoms with E-state index in [0.29, 0.717) is 25.1 Å². The third-order valence-electron chi connectivity index (χ3n) is 4.18. The lowest BCUT2D eigenvalue weighted by Gasteiger charge is -2.29. The average Bonchev–Trinajstić information content (AvgIpc) is 2.89. The van der Waals surface area contributed by atoms with Crippen LogP contribution < -0.4 is 5.73 Å². The number of hydrogen-bond acceptors (Lipinski definition) is 4. The lowest BCUT2D eigenvalue weighted by molar-refractivity contribution is -0.146. The molecule has 16 heavy (non-hydrogen) atoms. The Balaban J connectivity index is 1.92. The summed E-state index contributed by atoms with van der Waals surface area (Å²) >= 11 is 0. The van der Waals surface area contributed by atoms with E-state index in [9.17, 15) is 9.90 Å². The summed E-state index contributed by atoms with van der Waals surface area (Å²) in [5.74, 6) is -0.265. The first-order chi connectivity index (χ1) is 7.46. The van der Waals surface area contributed by atoms with Gasteiger partial charge in [-0.15, -0.1) is 0 Å². The Bertz CT molecular complexity index is 299. The van der Waals surface area contributed by atoms with E-state index < -0.39 is 18.6 Å². The highest BCUT2D eigenvalue weighted by atomic mass is 16.4. The molecule has 5 nitrogen and oxygen atoms in total. The molecule has 0 radical (unpaired) electrons. The van der Waals surface area contributed by atoms with Gasteiger partial charge < -0.3 is 20.9 Å². The molecule has 2 saturated carbocycles. The average molecular weight is 227 g/mol. The Morgan fingerprint density at radius 1 is 1.44 bits per heavy atom. The highest BCUT2D eigenvalue weighted by Crippen LogP contribution is 2.60. The molecule has 6 heteroatoms. The van der Waals surface area contributed by atoms with Crippen LogP contribution in [0.3, 0.4) is 0 Å². The van der Waals surface area contributed by atoms with Crippen molar-refractivity contribution < 1.29 is 19.9 Å². The smallest absolute Gasteiger partial charge is 0.451 e. The lowest BCUT2D eigenvalue weighted by Crippen LogP contribution is -2.54. The van der Waals surface area contributed by atoms with Crippen molar-refractivity contribution in [1.29, 1.82) is 0 Å². The molecule has 0 aliphatic heterocycles. The fourth-order valence-electron chi connectivity index (χ4n) is 3.19. The molecule has 0 spiro atoms. The molecule has 2 rings (SSSR count). The topological polar surface area (TPSA) is 104 Å². The van der Waals surface area contributed by atoms with Gasteiger partial charge in [0.25, 0.3) is 0 Å². The molecule has 0 aromatic rings. The summed E-state index contributed by atoms with van der Waals surface area (Å²) in [6, 6.07) is 0. The maximum Gasteiger partial charge on any atom is 0.451 e. The van der Waals surface area contributed by atoms with E-state index in [4.69, 9.17) is 15.8 Å². The van der Waals surface area contributed by atoms with Gasteiger partial charge in [0.2, 0.25) is 0 Å². The number of hydrogen-bond donors (Lipinski definition) is 4. The fourth-order valence-corrected chi connectivity index (χ4v) is 3.19. The van der Waals surface area contributed by atoms with Crippen LogP contribution in [-0.4, -0.2) is 33.8 Å². The first kappa shape index (κ1) is 11.9. The van der Waals surface area contributed by atoms with Gasteiger partial charge in [0.15, 0.2) is 0 Å². The van der Waals surface area contributed by atoms with E-state index in [1.165, 1.54) is 0 Å². The van der Waals surface area contributed by atoms with Crippen molar-refractivity contribution in [2.24, 2.45) is 23.5 Å². The van der Waals surface area contributed by atoms with Crippen LogP contribution in [0.2, 0.25) is 6.32 Å². The minimum absolute atomic E-state index is 0.00694. The Hall–Kier alpha value is -0.585. The van der Waals surface area contributed by atoms with Crippen LogP contribution in [0, 0.1) is 17.8 Å². The molecule has 0 bridgehead atoms. The van der Waals surface area contributed by atoms with Gasteiger partial charge in [0, 0.05) is 0 Å². The van der Waals surface area contributed by atoms with Crippen LogP contribution >= 0.6 is 0 Å². The zero-order valence-corrected chi connectivity index (χ0v) is 9.17. The van der Waals surface area contributed by atoms with Crippen molar-refractivity contribution in [2.45, 2.75) is 37.5 Å². The summed E-state index contributed by atoms with van der Waals surface area (Å²) in [5.41, 5.74) is 4.96. The molecule has 90 valence electrons. The molecule has 4 atom stereocenters. The fraction of sp³-hybridized carbons (Fsp3) is 0.900. The number of carbonyl (C=O) groups is 1. The van der Waals surface area contributed by atoms with Crippen LogP contribution in [0.5, 0.6) is 0 Å². The van der Waals surface area contributed by atoms with Gasteiger partial charge in [0.05, 0.1) is 0 Å². The van der Waals surface area contributed by atoms with Gasteiger partial charge in [-0.25, -0.2) is 0 Å². The third kappa shape index (κ3) is 1.85. The van der Waals surface area contributed by atoms with Crippen molar-refractivity contribution in [3.05, 3.63) is 0 Å². The van der Waals surface area contributed by atoms with E-state index in [2.05, 4.69) is 0 Å². The van der Waals surface area contributed by atoms with Gasteiger partial charge in [-0.2, -0.15) is 0 Å². The monoisotopic (exact) mass is 227 g/mol. The second-order valence-corrected chi connectivity index (χ2v) is 5.18. The predicted molar refractivity (Wildman–Crippen MR) is 58.5 cm³/mol. The molecule has 5 N–H and O–H groups in total. The minimum atomic E-state index is -1.30. The Kier molecular flexibility index (Phi) is 2.98. The SMILES string of the molecule is NC1(C(=O)O)C(CCCB(O)O)C[C@H]2C[C@H]21. The predicted octanol–water partition coefficient (Wildman–Crippen LogP) is -0.323. The van der Waals surface area contributed by atoms with Crippen molar-refractivity contribution >= 4 is 13.1 Å². The normalized spacial score (nSPS) is 40.6. The van der Waals surface area contributed by atoms with Gasteiger partial charge in [-0.3, -0.25) is 4.79 Å². The highest BCUT2D eigenvalue weighted by molar-refractivity contribution is 6.40. The second-order valence-electron chi connectivity index (χ2n) is 5.18. The molecule has 2 unspecified atom stereocenters. The number of fused-ring (bicyclic) bond motifs is 1. The van der Waals surface area contributed by atoms with E-state index >= 15 is 0 Å². The largest absolute Gasteiger partial charge is 0.480 e. The Morgan fingerprint density at radius 2 is 2.12 bits per heavy atom. The zero-order chi connectivity index (χ0) is 11.9. The standard InChI is InChI=1S/C10H18BNO4/c12-10(9(13)14)7(2-1-3-11(15)16)4-6-5-8(6)10/h6-8,15-16H,1-5,12H2,(H,13,14)/t6-,7?,8+,10?/m0/s1. The number of carboxylic acids is 1. The van der Waals surface area contributed by atoms with E-state index in [0.717, 1.165) is 12.8 Å². The Labute approximate surface area is 94.8 Å². The summed E-state index contributed by atoms with van der Waals surface area (Å²) in [6.07, 6.45) is 3.42. The number of aliphatic carboxylic acids is 1. The number of carboxylic acid groups (broad SMARTS) is 1. The van der Waals surface area contributed by atoms with Gasteiger partial charge >= 0.3 is 13.1 Å². The first-order valence-electron chi connectivity index (χ1n) is 5.84. The van der Waals surface area contributed by atoms with E-state index in [-0.39, 0.29) is 11.8 Å². The summed E-state index contributed by atoms with van der Waals surface area (Å²) in [4.78, 5) is 11.2. The molecule has 2 aliphatic carbocycles. The molecule has 0 heterocycles. The Morgan fingerprint density at radius 3 is 2.69 bits per heavy atom. The maximum absolute atomic E-state index is 11.2.